The summed E-state index contributed by atoms with van der Waals surface area (Å²) in [6, 6.07) is 15.2. The summed E-state index contributed by atoms with van der Waals surface area (Å²) in [6.07, 6.45) is 0.549. The molecule has 0 radical (unpaired) electrons. The normalized spacial score (nSPS) is 15.2. The van der Waals surface area contributed by atoms with Crippen LogP contribution in [-0.2, 0) is 21.2 Å². The smallest absolute Gasteiger partial charge is 0.246 e. The van der Waals surface area contributed by atoms with Crippen LogP contribution in [0.15, 0.2) is 53.4 Å². The van der Waals surface area contributed by atoms with E-state index in [0.717, 1.165) is 11.3 Å². The number of anilines is 1. The van der Waals surface area contributed by atoms with Gasteiger partial charge in [0.2, 0.25) is 15.9 Å². The average Bonchev–Trinajstić information content (AvgIpc) is 2.74. The lowest BCUT2D eigenvalue weighted by atomic mass is 10.1. The number of ether oxygens (including phenoxy) is 1. The minimum absolute atomic E-state index is 0.109. The highest BCUT2D eigenvalue weighted by atomic mass is 32.2. The average molecular weight is 418 g/mol. The molecule has 1 N–H and O–H groups in total. The fourth-order valence-electron chi connectivity index (χ4n) is 3.43. The molecule has 29 heavy (non-hydrogen) atoms. The standard InChI is InChI=1S/C21H27N3O4S/c1-17(25)22-11-10-18-8-9-20(28-2)21(16-18)29(26,27)24-14-12-23(13-15-24)19-6-4-3-5-7-19/h3-9,16H,10-15H2,1-2H3,(H,22,25). The van der Waals surface area contributed by atoms with E-state index in [1.807, 2.05) is 36.4 Å². The van der Waals surface area contributed by atoms with Crippen molar-refractivity contribution in [2.45, 2.75) is 18.2 Å². The van der Waals surface area contributed by atoms with Gasteiger partial charge in [0.1, 0.15) is 10.6 Å². The fourth-order valence-corrected chi connectivity index (χ4v) is 5.05. The van der Waals surface area contributed by atoms with Gasteiger partial charge in [-0.15, -0.1) is 0 Å². The van der Waals surface area contributed by atoms with Crippen molar-refractivity contribution in [1.82, 2.24) is 9.62 Å². The zero-order valence-corrected chi connectivity index (χ0v) is 17.6. The molecule has 0 aliphatic carbocycles. The Kier molecular flexibility index (Phi) is 6.76. The molecule has 0 bridgehead atoms. The number of carbonyl (C=O) groups is 1. The minimum atomic E-state index is -3.68. The van der Waals surface area contributed by atoms with E-state index in [0.29, 0.717) is 44.9 Å². The first-order valence-electron chi connectivity index (χ1n) is 9.63. The predicted octanol–water partition coefficient (Wildman–Crippen LogP) is 1.88. The molecule has 0 aromatic heterocycles. The van der Waals surface area contributed by atoms with Crippen LogP contribution < -0.4 is 15.0 Å². The maximum Gasteiger partial charge on any atom is 0.246 e. The van der Waals surface area contributed by atoms with Crippen molar-refractivity contribution < 1.29 is 17.9 Å². The fraction of sp³-hybridized carbons (Fsp3) is 0.381. The van der Waals surface area contributed by atoms with E-state index in [1.165, 1.54) is 18.3 Å². The molecule has 2 aromatic rings. The number of hydrogen-bond acceptors (Lipinski definition) is 5. The number of amides is 1. The van der Waals surface area contributed by atoms with Crippen LogP contribution in [-0.4, -0.2) is 58.5 Å². The van der Waals surface area contributed by atoms with E-state index in [-0.39, 0.29) is 10.8 Å². The second-order valence-electron chi connectivity index (χ2n) is 6.94. The van der Waals surface area contributed by atoms with Crippen molar-refractivity contribution in [1.29, 1.82) is 0 Å². The summed E-state index contributed by atoms with van der Waals surface area (Å²) in [7, 11) is -2.21. The molecule has 0 saturated carbocycles. The van der Waals surface area contributed by atoms with E-state index in [9.17, 15) is 13.2 Å². The van der Waals surface area contributed by atoms with E-state index in [4.69, 9.17) is 4.74 Å². The molecule has 1 aliphatic heterocycles. The minimum Gasteiger partial charge on any atom is -0.495 e. The van der Waals surface area contributed by atoms with Crippen LogP contribution in [0.25, 0.3) is 0 Å². The number of piperazine rings is 1. The number of hydrogen-bond donors (Lipinski definition) is 1. The van der Waals surface area contributed by atoms with Gasteiger partial charge in [0, 0.05) is 45.3 Å². The van der Waals surface area contributed by atoms with E-state index in [2.05, 4.69) is 10.2 Å². The van der Waals surface area contributed by atoms with E-state index in [1.54, 1.807) is 12.1 Å². The lowest BCUT2D eigenvalue weighted by Crippen LogP contribution is -2.48. The lowest BCUT2D eigenvalue weighted by Gasteiger charge is -2.35. The Hall–Kier alpha value is -2.58. The van der Waals surface area contributed by atoms with Gasteiger partial charge >= 0.3 is 0 Å². The quantitative estimate of drug-likeness (QED) is 0.744. The molecule has 1 amide bonds. The van der Waals surface area contributed by atoms with Crippen LogP contribution in [0.5, 0.6) is 5.75 Å². The van der Waals surface area contributed by atoms with E-state index < -0.39 is 10.0 Å². The summed E-state index contributed by atoms with van der Waals surface area (Å²) in [6.45, 7) is 4.00. The summed E-state index contributed by atoms with van der Waals surface area (Å²) < 4.78 is 33.4. The molecule has 156 valence electrons. The summed E-state index contributed by atoms with van der Waals surface area (Å²) in [5.74, 6) is 0.224. The van der Waals surface area contributed by atoms with Crippen molar-refractivity contribution in [3.63, 3.8) is 0 Å². The number of rotatable bonds is 7. The van der Waals surface area contributed by atoms with Crippen molar-refractivity contribution in [2.75, 3.05) is 44.7 Å². The maximum atomic E-state index is 13.3. The molecule has 0 spiro atoms. The third-order valence-electron chi connectivity index (χ3n) is 4.99. The van der Waals surface area contributed by atoms with Gasteiger partial charge in [-0.25, -0.2) is 8.42 Å². The number of carbonyl (C=O) groups excluding carboxylic acids is 1. The second-order valence-corrected chi connectivity index (χ2v) is 8.85. The van der Waals surface area contributed by atoms with Crippen molar-refractivity contribution in [3.8, 4) is 5.75 Å². The van der Waals surface area contributed by atoms with Gasteiger partial charge in [-0.3, -0.25) is 4.79 Å². The SMILES string of the molecule is COc1ccc(CCNC(C)=O)cc1S(=O)(=O)N1CCN(c2ccccc2)CC1. The molecule has 1 fully saturated rings. The largest absolute Gasteiger partial charge is 0.495 e. The Balaban J connectivity index is 1.75. The number of methoxy groups -OCH3 is 1. The number of para-hydroxylation sites is 1. The number of nitrogens with zero attached hydrogens (tertiary/aromatic N) is 2. The molecule has 8 heteroatoms. The number of benzene rings is 2. The van der Waals surface area contributed by atoms with Crippen molar-refractivity contribution in [2.24, 2.45) is 0 Å². The summed E-state index contributed by atoms with van der Waals surface area (Å²) in [4.78, 5) is 13.4. The molecule has 0 unspecified atom stereocenters. The van der Waals surface area contributed by atoms with Crippen LogP contribution in [0.4, 0.5) is 5.69 Å². The molecule has 2 aromatic carbocycles. The molecular weight excluding hydrogens is 390 g/mol. The highest BCUT2D eigenvalue weighted by molar-refractivity contribution is 7.89. The van der Waals surface area contributed by atoms with Crippen molar-refractivity contribution >= 4 is 21.6 Å². The topological polar surface area (TPSA) is 78.9 Å². The third kappa shape index (κ3) is 5.07. The lowest BCUT2D eigenvalue weighted by molar-refractivity contribution is -0.118. The Bertz CT molecular complexity index is 940. The van der Waals surface area contributed by atoms with Crippen LogP contribution >= 0.6 is 0 Å². The summed E-state index contributed by atoms with van der Waals surface area (Å²) in [5.41, 5.74) is 1.93. The molecule has 1 aliphatic rings. The van der Waals surface area contributed by atoms with Crippen molar-refractivity contribution in [3.05, 3.63) is 54.1 Å². The molecule has 7 nitrogen and oxygen atoms in total. The first-order valence-corrected chi connectivity index (χ1v) is 11.1. The molecule has 0 atom stereocenters. The first-order chi connectivity index (χ1) is 13.9. The number of sulfonamides is 1. The Labute approximate surface area is 172 Å². The summed E-state index contributed by atoms with van der Waals surface area (Å²) in [5, 5.41) is 2.73. The zero-order chi connectivity index (χ0) is 20.9. The summed E-state index contributed by atoms with van der Waals surface area (Å²) >= 11 is 0. The van der Waals surface area contributed by atoms with Crippen LogP contribution in [0.3, 0.4) is 0 Å². The van der Waals surface area contributed by atoms with Gasteiger partial charge in [-0.2, -0.15) is 4.31 Å². The third-order valence-corrected chi connectivity index (χ3v) is 6.91. The zero-order valence-electron chi connectivity index (χ0n) is 16.8. The van der Waals surface area contributed by atoms with Gasteiger partial charge in [0.05, 0.1) is 7.11 Å². The Morgan fingerprint density at radius 2 is 1.76 bits per heavy atom. The second kappa shape index (κ2) is 9.28. The monoisotopic (exact) mass is 417 g/mol. The van der Waals surface area contributed by atoms with Crippen LogP contribution in [0, 0.1) is 0 Å². The van der Waals surface area contributed by atoms with Crippen LogP contribution in [0.1, 0.15) is 12.5 Å². The van der Waals surface area contributed by atoms with Gasteiger partial charge in [0.15, 0.2) is 0 Å². The van der Waals surface area contributed by atoms with Gasteiger partial charge in [-0.05, 0) is 36.2 Å². The molecular formula is C21H27N3O4S. The van der Waals surface area contributed by atoms with Gasteiger partial charge in [0.25, 0.3) is 0 Å². The molecule has 1 saturated heterocycles. The molecule has 3 rings (SSSR count). The Morgan fingerprint density at radius 3 is 2.38 bits per heavy atom. The predicted molar refractivity (Wildman–Crippen MR) is 113 cm³/mol. The van der Waals surface area contributed by atoms with E-state index >= 15 is 0 Å². The number of nitrogens with one attached hydrogen (secondary N) is 1. The highest BCUT2D eigenvalue weighted by Gasteiger charge is 2.31. The highest BCUT2D eigenvalue weighted by Crippen LogP contribution is 2.29. The van der Waals surface area contributed by atoms with Crippen LogP contribution in [0.2, 0.25) is 0 Å². The first kappa shape index (κ1) is 21.1. The van der Waals surface area contributed by atoms with Gasteiger partial charge < -0.3 is 15.0 Å². The van der Waals surface area contributed by atoms with Gasteiger partial charge in [-0.1, -0.05) is 24.3 Å². The Morgan fingerprint density at radius 1 is 1.07 bits per heavy atom. The maximum absolute atomic E-state index is 13.3. The molecule has 1 heterocycles.